The lowest BCUT2D eigenvalue weighted by atomic mass is 9.85. The third kappa shape index (κ3) is 5.39. The Hall–Kier alpha value is -2.33. The Kier molecular flexibility index (Phi) is 6.82. The fourth-order valence-corrected chi connectivity index (χ4v) is 2.66. The van der Waals surface area contributed by atoms with Gasteiger partial charge in [0, 0.05) is 18.7 Å². The Morgan fingerprint density at radius 3 is 2.33 bits per heavy atom. The largest absolute Gasteiger partial charge is 0.492 e. The van der Waals surface area contributed by atoms with E-state index in [4.69, 9.17) is 10.5 Å². The van der Waals surface area contributed by atoms with Crippen LogP contribution in [0.4, 0.5) is 5.69 Å². The first-order valence-corrected chi connectivity index (χ1v) is 8.38. The molecule has 0 fully saturated rings. The van der Waals surface area contributed by atoms with E-state index < -0.39 is 0 Å². The Morgan fingerprint density at radius 2 is 1.75 bits per heavy atom. The summed E-state index contributed by atoms with van der Waals surface area (Å²) in [5.41, 5.74) is 7.38. The van der Waals surface area contributed by atoms with Crippen molar-refractivity contribution in [2.45, 2.75) is 26.2 Å². The average molecular weight is 326 g/mol. The van der Waals surface area contributed by atoms with Gasteiger partial charge in [0.15, 0.2) is 0 Å². The van der Waals surface area contributed by atoms with Gasteiger partial charge in [0.05, 0.1) is 0 Å². The van der Waals surface area contributed by atoms with Gasteiger partial charge in [-0.1, -0.05) is 44.2 Å². The molecule has 0 saturated carbocycles. The lowest BCUT2D eigenvalue weighted by Gasteiger charge is -2.21. The van der Waals surface area contributed by atoms with Crippen LogP contribution in [0.5, 0.6) is 5.75 Å². The molecular weight excluding hydrogens is 300 g/mol. The maximum absolute atomic E-state index is 12.4. The summed E-state index contributed by atoms with van der Waals surface area (Å²) in [6.07, 6.45) is 0.465. The summed E-state index contributed by atoms with van der Waals surface area (Å²) in [5, 5.41) is 2.96. The molecule has 128 valence electrons. The minimum absolute atomic E-state index is 0.0215. The van der Waals surface area contributed by atoms with Gasteiger partial charge in [-0.15, -0.1) is 0 Å². The fourth-order valence-electron chi connectivity index (χ4n) is 2.66. The summed E-state index contributed by atoms with van der Waals surface area (Å²) in [5.74, 6) is 1.37. The zero-order valence-electron chi connectivity index (χ0n) is 14.4. The summed E-state index contributed by atoms with van der Waals surface area (Å²) in [7, 11) is 0. The molecule has 2 rings (SSSR count). The molecule has 0 spiro atoms. The van der Waals surface area contributed by atoms with Gasteiger partial charge in [-0.05, 0) is 41.7 Å². The van der Waals surface area contributed by atoms with E-state index in [1.54, 1.807) is 0 Å². The minimum atomic E-state index is 0.0215. The third-order valence-corrected chi connectivity index (χ3v) is 3.96. The molecule has 0 aliphatic carbocycles. The fraction of sp³-hybridized carbons (Fsp3) is 0.350. The van der Waals surface area contributed by atoms with E-state index in [1.807, 2.05) is 42.5 Å². The molecule has 1 atom stereocenters. The summed E-state index contributed by atoms with van der Waals surface area (Å²) >= 11 is 0. The molecule has 0 aliphatic heterocycles. The number of ether oxygens (including phenoxy) is 1. The average Bonchev–Trinajstić information content (AvgIpc) is 2.59. The van der Waals surface area contributed by atoms with Crippen molar-refractivity contribution in [1.29, 1.82) is 0 Å². The number of rotatable bonds is 8. The molecule has 0 radical (unpaired) electrons. The first-order valence-electron chi connectivity index (χ1n) is 8.38. The normalized spacial score (nSPS) is 12.0. The maximum Gasteiger partial charge on any atom is 0.224 e. The van der Waals surface area contributed by atoms with Crippen molar-refractivity contribution in [1.82, 2.24) is 0 Å². The Labute approximate surface area is 144 Å². The molecule has 4 heteroatoms. The highest BCUT2D eigenvalue weighted by atomic mass is 16.5. The predicted molar refractivity (Wildman–Crippen MR) is 98.3 cm³/mol. The molecule has 0 aliphatic rings. The highest BCUT2D eigenvalue weighted by Gasteiger charge is 2.19. The Morgan fingerprint density at radius 1 is 1.08 bits per heavy atom. The van der Waals surface area contributed by atoms with E-state index >= 15 is 0 Å². The van der Waals surface area contributed by atoms with Crippen LogP contribution in [0.25, 0.3) is 0 Å². The number of carbonyl (C=O) groups excluding carboxylic acids is 1. The van der Waals surface area contributed by atoms with Gasteiger partial charge < -0.3 is 15.8 Å². The lowest BCUT2D eigenvalue weighted by molar-refractivity contribution is -0.116. The first kappa shape index (κ1) is 18.0. The number of nitrogens with one attached hydrogen (secondary N) is 1. The summed E-state index contributed by atoms with van der Waals surface area (Å²) < 4.78 is 5.43. The minimum Gasteiger partial charge on any atom is -0.492 e. The lowest BCUT2D eigenvalue weighted by Crippen LogP contribution is -2.18. The van der Waals surface area contributed by atoms with E-state index in [-0.39, 0.29) is 11.8 Å². The molecule has 2 aromatic carbocycles. The molecule has 2 aromatic rings. The van der Waals surface area contributed by atoms with Crippen molar-refractivity contribution >= 4 is 11.6 Å². The summed E-state index contributed by atoms with van der Waals surface area (Å²) in [6.45, 7) is 5.26. The van der Waals surface area contributed by atoms with Crippen molar-refractivity contribution in [2.24, 2.45) is 11.7 Å². The Bertz CT molecular complexity index is 624. The van der Waals surface area contributed by atoms with Gasteiger partial charge in [-0.25, -0.2) is 0 Å². The molecule has 0 saturated heterocycles. The van der Waals surface area contributed by atoms with Crippen LogP contribution >= 0.6 is 0 Å². The molecular formula is C20H26N2O2. The van der Waals surface area contributed by atoms with Crippen molar-refractivity contribution in [2.75, 3.05) is 18.5 Å². The number of hydrogen-bond donors (Lipinski definition) is 2. The molecule has 24 heavy (non-hydrogen) atoms. The van der Waals surface area contributed by atoms with Crippen LogP contribution in [0.1, 0.15) is 31.7 Å². The van der Waals surface area contributed by atoms with Crippen LogP contribution in [-0.4, -0.2) is 19.1 Å². The number of benzene rings is 2. The van der Waals surface area contributed by atoms with Gasteiger partial charge in [0.1, 0.15) is 12.4 Å². The molecule has 0 bridgehead atoms. The second-order valence-electron chi connectivity index (χ2n) is 6.18. The summed E-state index contributed by atoms with van der Waals surface area (Å²) in [4.78, 5) is 12.4. The second-order valence-corrected chi connectivity index (χ2v) is 6.18. The van der Waals surface area contributed by atoms with Crippen LogP contribution < -0.4 is 15.8 Å². The zero-order valence-corrected chi connectivity index (χ0v) is 14.4. The van der Waals surface area contributed by atoms with Crippen molar-refractivity contribution < 1.29 is 9.53 Å². The molecule has 3 N–H and O–H groups in total. The highest BCUT2D eigenvalue weighted by Crippen LogP contribution is 2.28. The topological polar surface area (TPSA) is 64.3 Å². The maximum atomic E-state index is 12.4. The van der Waals surface area contributed by atoms with Crippen molar-refractivity contribution in [3.63, 3.8) is 0 Å². The van der Waals surface area contributed by atoms with Crippen molar-refractivity contribution in [3.8, 4) is 5.75 Å². The van der Waals surface area contributed by atoms with Gasteiger partial charge in [0.25, 0.3) is 0 Å². The number of anilines is 1. The van der Waals surface area contributed by atoms with E-state index in [2.05, 4.69) is 31.3 Å². The van der Waals surface area contributed by atoms with Crippen molar-refractivity contribution in [3.05, 3.63) is 60.2 Å². The molecule has 4 nitrogen and oxygen atoms in total. The van der Waals surface area contributed by atoms with E-state index in [1.165, 1.54) is 5.56 Å². The molecule has 1 unspecified atom stereocenters. The predicted octanol–water partition coefficient (Wildman–Crippen LogP) is 3.79. The third-order valence-electron chi connectivity index (χ3n) is 3.96. The number of hydrogen-bond acceptors (Lipinski definition) is 3. The highest BCUT2D eigenvalue weighted by molar-refractivity contribution is 5.91. The van der Waals surface area contributed by atoms with Crippen LogP contribution in [0.2, 0.25) is 0 Å². The van der Waals surface area contributed by atoms with Gasteiger partial charge in [-0.2, -0.15) is 0 Å². The SMILES string of the molecule is CC(C)C(CC(=O)Nc1ccc(OCCN)cc1)c1ccccc1. The van der Waals surface area contributed by atoms with E-state index in [0.29, 0.717) is 25.5 Å². The smallest absolute Gasteiger partial charge is 0.224 e. The monoisotopic (exact) mass is 326 g/mol. The van der Waals surface area contributed by atoms with Crippen LogP contribution in [0.3, 0.4) is 0 Å². The zero-order chi connectivity index (χ0) is 17.4. The van der Waals surface area contributed by atoms with Gasteiger partial charge in [0.2, 0.25) is 5.91 Å². The molecule has 1 amide bonds. The van der Waals surface area contributed by atoms with Crippen LogP contribution in [0.15, 0.2) is 54.6 Å². The molecule has 0 aromatic heterocycles. The first-order chi connectivity index (χ1) is 11.6. The second kappa shape index (κ2) is 9.08. The van der Waals surface area contributed by atoms with Gasteiger partial charge in [-0.3, -0.25) is 4.79 Å². The van der Waals surface area contributed by atoms with E-state index in [9.17, 15) is 4.79 Å². The van der Waals surface area contributed by atoms with E-state index in [0.717, 1.165) is 11.4 Å². The van der Waals surface area contributed by atoms with Crippen LogP contribution in [0, 0.1) is 5.92 Å². The summed E-state index contributed by atoms with van der Waals surface area (Å²) in [6, 6.07) is 17.6. The van der Waals surface area contributed by atoms with Crippen LogP contribution in [-0.2, 0) is 4.79 Å². The number of carbonyl (C=O) groups is 1. The number of nitrogens with two attached hydrogens (primary N) is 1. The quantitative estimate of drug-likeness (QED) is 0.775. The number of amides is 1. The standard InChI is InChI=1S/C20H26N2O2/c1-15(2)19(16-6-4-3-5-7-16)14-20(23)22-17-8-10-18(11-9-17)24-13-12-21/h3-11,15,19H,12-14,21H2,1-2H3,(H,22,23). The Balaban J connectivity index is 1.96. The molecule has 0 heterocycles. The van der Waals surface area contributed by atoms with Gasteiger partial charge >= 0.3 is 0 Å².